The summed E-state index contributed by atoms with van der Waals surface area (Å²) in [5.41, 5.74) is 3.96. The van der Waals surface area contributed by atoms with Crippen molar-refractivity contribution in [2.24, 2.45) is 7.05 Å². The second kappa shape index (κ2) is 7.25. The summed E-state index contributed by atoms with van der Waals surface area (Å²) in [5, 5.41) is 15.2. The third-order valence-electron chi connectivity index (χ3n) is 5.12. The summed E-state index contributed by atoms with van der Waals surface area (Å²) < 4.78 is 17.7. The number of piperidine rings is 1. The first-order chi connectivity index (χ1) is 14.2. The fourth-order valence-corrected chi connectivity index (χ4v) is 3.59. The van der Waals surface area contributed by atoms with Gasteiger partial charge in [0.15, 0.2) is 5.65 Å². The second-order valence-electron chi connectivity index (χ2n) is 7.20. The maximum atomic E-state index is 14.1. The Bertz CT molecular complexity index is 1150. The van der Waals surface area contributed by atoms with Crippen LogP contribution in [0.25, 0.3) is 28.3 Å². The molecule has 0 saturated carbocycles. The van der Waals surface area contributed by atoms with Crippen molar-refractivity contribution in [2.45, 2.75) is 18.6 Å². The molecule has 0 aliphatic carbocycles. The Kier molecular flexibility index (Phi) is 4.44. The van der Waals surface area contributed by atoms with Gasteiger partial charge in [0.25, 0.3) is 0 Å². The number of aromatic nitrogens is 6. The zero-order chi connectivity index (χ0) is 19.8. The van der Waals surface area contributed by atoms with Crippen molar-refractivity contribution in [3.8, 4) is 22.6 Å². The first-order valence-corrected chi connectivity index (χ1v) is 9.60. The van der Waals surface area contributed by atoms with Crippen LogP contribution in [0.2, 0.25) is 0 Å². The fraction of sp³-hybridized carbons (Fsp3) is 0.300. The molecule has 0 radical (unpaired) electrons. The van der Waals surface area contributed by atoms with Gasteiger partial charge < -0.3 is 10.6 Å². The number of rotatable bonds is 4. The number of nitrogens with zero attached hydrogens (tertiary/aromatic N) is 6. The number of imidazole rings is 1. The van der Waals surface area contributed by atoms with Crippen LogP contribution in [0.4, 0.5) is 10.2 Å². The van der Waals surface area contributed by atoms with E-state index in [1.54, 1.807) is 21.6 Å². The van der Waals surface area contributed by atoms with E-state index in [4.69, 9.17) is 5.10 Å². The molecule has 5 rings (SSSR count). The zero-order valence-corrected chi connectivity index (χ0v) is 16.0. The van der Waals surface area contributed by atoms with Crippen molar-refractivity contribution in [1.29, 1.82) is 0 Å². The number of pyridine rings is 1. The van der Waals surface area contributed by atoms with Gasteiger partial charge in [-0.2, -0.15) is 10.2 Å². The van der Waals surface area contributed by atoms with Crippen molar-refractivity contribution in [3.63, 3.8) is 0 Å². The molecule has 4 aromatic rings. The highest BCUT2D eigenvalue weighted by Crippen LogP contribution is 2.23. The van der Waals surface area contributed by atoms with Crippen LogP contribution >= 0.6 is 0 Å². The molecular weight excluding hydrogens is 371 g/mol. The number of nitrogens with one attached hydrogen (secondary N) is 2. The Morgan fingerprint density at radius 3 is 2.93 bits per heavy atom. The number of hydrogen-bond acceptors (Lipinski definition) is 6. The molecule has 1 fully saturated rings. The fourth-order valence-electron chi connectivity index (χ4n) is 3.59. The normalized spacial score (nSPS) is 19.5. The largest absolute Gasteiger partial charge is 0.364 e. The summed E-state index contributed by atoms with van der Waals surface area (Å²) in [6, 6.07) is 9.27. The molecule has 0 aromatic carbocycles. The Morgan fingerprint density at radius 2 is 2.10 bits per heavy atom. The Labute approximate surface area is 166 Å². The lowest BCUT2D eigenvalue weighted by atomic mass is 10.1. The lowest BCUT2D eigenvalue weighted by Crippen LogP contribution is -2.45. The molecule has 0 spiro atoms. The number of alkyl halides is 1. The predicted molar refractivity (Wildman–Crippen MR) is 108 cm³/mol. The minimum absolute atomic E-state index is 0.239. The maximum absolute atomic E-state index is 14.1. The topological polar surface area (TPSA) is 85.0 Å². The van der Waals surface area contributed by atoms with E-state index in [0.717, 1.165) is 41.3 Å². The molecule has 5 heterocycles. The van der Waals surface area contributed by atoms with Crippen LogP contribution in [-0.2, 0) is 7.05 Å². The molecule has 9 heteroatoms. The van der Waals surface area contributed by atoms with E-state index in [9.17, 15) is 4.39 Å². The molecule has 2 N–H and O–H groups in total. The van der Waals surface area contributed by atoms with E-state index >= 15 is 0 Å². The molecular formula is C20H21FN8. The highest BCUT2D eigenvalue weighted by atomic mass is 19.1. The van der Waals surface area contributed by atoms with Crippen LogP contribution in [-0.4, -0.2) is 54.7 Å². The number of halogens is 1. The molecule has 0 bridgehead atoms. The van der Waals surface area contributed by atoms with Crippen LogP contribution in [0.1, 0.15) is 6.42 Å². The maximum Gasteiger partial charge on any atom is 0.154 e. The van der Waals surface area contributed by atoms with E-state index in [1.165, 1.54) is 0 Å². The lowest BCUT2D eigenvalue weighted by molar-refractivity contribution is 0.244. The minimum Gasteiger partial charge on any atom is -0.364 e. The average molecular weight is 392 g/mol. The van der Waals surface area contributed by atoms with Gasteiger partial charge in [-0.25, -0.2) is 18.9 Å². The van der Waals surface area contributed by atoms with Gasteiger partial charge in [-0.3, -0.25) is 4.68 Å². The molecule has 8 nitrogen and oxygen atoms in total. The lowest BCUT2D eigenvalue weighted by Gasteiger charge is -2.27. The molecule has 1 aliphatic rings. The molecule has 4 aromatic heterocycles. The number of aryl methyl sites for hydroxylation is 1. The monoisotopic (exact) mass is 392 g/mol. The number of hydrogen-bond donors (Lipinski definition) is 2. The highest BCUT2D eigenvalue weighted by molar-refractivity contribution is 5.64. The van der Waals surface area contributed by atoms with E-state index in [-0.39, 0.29) is 6.04 Å². The second-order valence-corrected chi connectivity index (χ2v) is 7.20. The summed E-state index contributed by atoms with van der Waals surface area (Å²) in [6.45, 7) is 1.16. The van der Waals surface area contributed by atoms with E-state index < -0.39 is 6.17 Å². The third-order valence-corrected chi connectivity index (χ3v) is 5.12. The first-order valence-electron chi connectivity index (χ1n) is 9.60. The molecule has 148 valence electrons. The van der Waals surface area contributed by atoms with Crippen molar-refractivity contribution in [2.75, 3.05) is 18.4 Å². The molecule has 1 saturated heterocycles. The summed E-state index contributed by atoms with van der Waals surface area (Å²) in [4.78, 5) is 9.13. The van der Waals surface area contributed by atoms with Crippen molar-refractivity contribution in [1.82, 2.24) is 34.7 Å². The van der Waals surface area contributed by atoms with Crippen LogP contribution in [0.3, 0.4) is 0 Å². The van der Waals surface area contributed by atoms with Crippen LogP contribution in [0.5, 0.6) is 0 Å². The van der Waals surface area contributed by atoms with Gasteiger partial charge in [-0.05, 0) is 37.2 Å². The van der Waals surface area contributed by atoms with Gasteiger partial charge in [0, 0.05) is 25.4 Å². The summed E-state index contributed by atoms with van der Waals surface area (Å²) in [5.74, 6) is 0.649. The van der Waals surface area contributed by atoms with E-state index in [2.05, 4.69) is 25.7 Å². The van der Waals surface area contributed by atoms with Gasteiger partial charge in [-0.15, -0.1) is 0 Å². The summed E-state index contributed by atoms with van der Waals surface area (Å²) in [7, 11) is 1.87. The predicted octanol–water partition coefficient (Wildman–Crippen LogP) is 2.30. The number of anilines is 1. The summed E-state index contributed by atoms with van der Waals surface area (Å²) in [6.07, 6.45) is 5.23. The van der Waals surface area contributed by atoms with Gasteiger partial charge in [0.05, 0.1) is 29.8 Å². The van der Waals surface area contributed by atoms with Gasteiger partial charge >= 0.3 is 0 Å². The Hall–Kier alpha value is -3.33. The Morgan fingerprint density at radius 1 is 1.17 bits per heavy atom. The zero-order valence-electron chi connectivity index (χ0n) is 16.0. The van der Waals surface area contributed by atoms with Gasteiger partial charge in [0.1, 0.15) is 17.7 Å². The molecule has 29 heavy (non-hydrogen) atoms. The Balaban J connectivity index is 1.49. The van der Waals surface area contributed by atoms with Crippen LogP contribution < -0.4 is 10.6 Å². The molecule has 0 amide bonds. The van der Waals surface area contributed by atoms with Crippen molar-refractivity contribution in [3.05, 3.63) is 48.9 Å². The summed E-state index contributed by atoms with van der Waals surface area (Å²) >= 11 is 0. The van der Waals surface area contributed by atoms with Crippen LogP contribution in [0, 0.1) is 0 Å². The number of fused-ring (bicyclic) bond motifs is 1. The average Bonchev–Trinajstić information content (AvgIpc) is 3.36. The van der Waals surface area contributed by atoms with Crippen molar-refractivity contribution >= 4 is 11.5 Å². The molecule has 2 atom stereocenters. The van der Waals surface area contributed by atoms with Gasteiger partial charge in [-0.1, -0.05) is 6.07 Å². The molecule has 1 unspecified atom stereocenters. The highest BCUT2D eigenvalue weighted by Gasteiger charge is 2.24. The quantitative estimate of drug-likeness (QED) is 0.554. The SMILES string of the molecule is Cn1cc(-c2ccc3ncc(-c4cccc(N[C@H]5CCNCC5F)n4)n3n2)cn1. The van der Waals surface area contributed by atoms with Gasteiger partial charge in [0.2, 0.25) is 0 Å². The smallest absolute Gasteiger partial charge is 0.154 e. The first kappa shape index (κ1) is 17.7. The minimum atomic E-state index is -0.936. The molecule has 1 aliphatic heterocycles. The van der Waals surface area contributed by atoms with E-state index in [1.807, 2.05) is 43.6 Å². The van der Waals surface area contributed by atoms with E-state index in [0.29, 0.717) is 12.4 Å². The standard InChI is InChI=1S/C20H21FN8/c1-28-12-13(9-24-28)15-5-6-20-23-11-18(29(20)27-15)17-3-2-4-19(26-17)25-16-7-8-22-10-14(16)21/h2-6,9,11-12,14,16,22H,7-8,10H2,1H3,(H,25,26)/t14?,16-/m0/s1. The van der Waals surface area contributed by atoms with Crippen LogP contribution in [0.15, 0.2) is 48.9 Å². The third kappa shape index (κ3) is 3.44. The van der Waals surface area contributed by atoms with Crippen molar-refractivity contribution < 1.29 is 4.39 Å².